The van der Waals surface area contributed by atoms with Gasteiger partial charge < -0.3 is 14.2 Å². The number of hydrogen-bond donors (Lipinski definition) is 0. The smallest absolute Gasteiger partial charge is 0.306 e. The van der Waals surface area contributed by atoms with E-state index in [0.29, 0.717) is 19.3 Å². The van der Waals surface area contributed by atoms with E-state index in [2.05, 4.69) is 99.8 Å². The molecule has 450 valence electrons. The van der Waals surface area contributed by atoms with Gasteiger partial charge >= 0.3 is 17.9 Å². The zero-order valence-electron chi connectivity index (χ0n) is 51.7. The molecule has 0 saturated carbocycles. The second kappa shape index (κ2) is 66.1. The first-order chi connectivity index (χ1) is 38.5. The first-order valence-electron chi connectivity index (χ1n) is 33.6. The van der Waals surface area contributed by atoms with Crippen LogP contribution in [-0.4, -0.2) is 37.2 Å². The van der Waals surface area contributed by atoms with E-state index in [1.165, 1.54) is 199 Å². The molecule has 6 heteroatoms. The van der Waals surface area contributed by atoms with Crippen molar-refractivity contribution >= 4 is 17.9 Å². The van der Waals surface area contributed by atoms with E-state index in [0.717, 1.165) is 89.9 Å². The normalized spacial score (nSPS) is 12.6. The van der Waals surface area contributed by atoms with Gasteiger partial charge in [0.05, 0.1) is 0 Å². The SMILES string of the molecule is CC/C=C\C/C=C\C/C=C\C/C=C\CCC(=O)OCC(COC(=O)CCCCCCCCCCCCCCCCCCCCCCCCCCCC)OC(=O)CCCCCCCC/C=C\C/C=C\C/C=C\CCCCCCC. The molecule has 6 nitrogen and oxygen atoms in total. The number of carbonyl (C=O) groups is 3. The van der Waals surface area contributed by atoms with Crippen LogP contribution in [0.4, 0.5) is 0 Å². The van der Waals surface area contributed by atoms with Crippen molar-refractivity contribution in [3.05, 3.63) is 85.1 Å². The van der Waals surface area contributed by atoms with E-state index < -0.39 is 6.10 Å². The highest BCUT2D eigenvalue weighted by atomic mass is 16.6. The number of rotatable bonds is 61. The zero-order chi connectivity index (χ0) is 56.4. The van der Waals surface area contributed by atoms with Crippen molar-refractivity contribution in [2.24, 2.45) is 0 Å². The van der Waals surface area contributed by atoms with Gasteiger partial charge in [0, 0.05) is 19.3 Å². The molecule has 0 saturated heterocycles. The van der Waals surface area contributed by atoms with Gasteiger partial charge in [-0.15, -0.1) is 0 Å². The van der Waals surface area contributed by atoms with Gasteiger partial charge in [0.1, 0.15) is 13.2 Å². The summed E-state index contributed by atoms with van der Waals surface area (Å²) in [7, 11) is 0. The zero-order valence-corrected chi connectivity index (χ0v) is 51.7. The van der Waals surface area contributed by atoms with Crippen LogP contribution >= 0.6 is 0 Å². The summed E-state index contributed by atoms with van der Waals surface area (Å²) in [6.45, 7) is 6.48. The van der Waals surface area contributed by atoms with Crippen molar-refractivity contribution in [3.63, 3.8) is 0 Å². The van der Waals surface area contributed by atoms with E-state index in [4.69, 9.17) is 14.2 Å². The van der Waals surface area contributed by atoms with Gasteiger partial charge in [0.25, 0.3) is 0 Å². The number of ether oxygens (including phenoxy) is 3. The maximum atomic E-state index is 12.9. The molecular formula is C72H126O6. The van der Waals surface area contributed by atoms with Crippen LogP contribution in [0.1, 0.15) is 335 Å². The summed E-state index contributed by atoms with van der Waals surface area (Å²) < 4.78 is 16.9. The summed E-state index contributed by atoms with van der Waals surface area (Å²) in [4.78, 5) is 38.3. The molecule has 0 N–H and O–H groups in total. The maximum absolute atomic E-state index is 12.9. The number of carbonyl (C=O) groups excluding carboxylic acids is 3. The molecular weight excluding hydrogens is 961 g/mol. The molecule has 0 aliphatic carbocycles. The number of esters is 3. The lowest BCUT2D eigenvalue weighted by molar-refractivity contribution is -0.166. The van der Waals surface area contributed by atoms with E-state index >= 15 is 0 Å². The third-order valence-corrected chi connectivity index (χ3v) is 14.6. The molecule has 0 aromatic carbocycles. The van der Waals surface area contributed by atoms with E-state index in [9.17, 15) is 14.4 Å². The minimum atomic E-state index is -0.813. The molecule has 0 aliphatic rings. The van der Waals surface area contributed by atoms with Crippen molar-refractivity contribution in [2.75, 3.05) is 13.2 Å². The molecule has 0 aliphatic heterocycles. The largest absolute Gasteiger partial charge is 0.462 e. The van der Waals surface area contributed by atoms with Crippen molar-refractivity contribution in [2.45, 2.75) is 341 Å². The molecule has 0 bridgehead atoms. The molecule has 0 rings (SSSR count). The van der Waals surface area contributed by atoms with Gasteiger partial charge in [-0.25, -0.2) is 0 Å². The lowest BCUT2D eigenvalue weighted by atomic mass is 10.0. The van der Waals surface area contributed by atoms with Gasteiger partial charge in [-0.1, -0.05) is 318 Å². The highest BCUT2D eigenvalue weighted by Crippen LogP contribution is 2.17. The molecule has 0 aromatic heterocycles. The highest BCUT2D eigenvalue weighted by Gasteiger charge is 2.19. The Morgan fingerprint density at radius 1 is 0.269 bits per heavy atom. The average Bonchev–Trinajstić information content (AvgIpc) is 3.44. The van der Waals surface area contributed by atoms with E-state index in [-0.39, 0.29) is 37.5 Å². The predicted octanol–water partition coefficient (Wildman–Crippen LogP) is 23.1. The van der Waals surface area contributed by atoms with Crippen LogP contribution in [0.2, 0.25) is 0 Å². The standard InChI is InChI=1S/C72H126O6/c1-4-7-10-13-16-19-22-25-27-29-31-33-34-35-36-37-39-40-42-44-47-50-53-56-59-62-65-71(74)77-68-69(67-76-70(73)64-61-58-55-52-49-46-24-21-18-15-12-9-6-3)78-72(75)66-63-60-57-54-51-48-45-43-41-38-32-30-28-26-23-20-17-14-11-8-5-2/h9,12,18,21,23,26,30,32,41,43,46,49,55,58,69H,4-8,10-11,13-17,19-20,22,24-25,27-29,31,33-40,42,44-45,47-48,50-54,56-57,59-68H2,1-3H3/b12-9-,21-18-,26-23-,32-30-,43-41-,49-46-,58-55-. The van der Waals surface area contributed by atoms with Crippen LogP contribution in [0.3, 0.4) is 0 Å². The summed E-state index contributed by atoms with van der Waals surface area (Å²) >= 11 is 0. The van der Waals surface area contributed by atoms with Crippen LogP contribution in [0.15, 0.2) is 85.1 Å². The third kappa shape index (κ3) is 63.4. The van der Waals surface area contributed by atoms with Crippen LogP contribution in [0, 0.1) is 0 Å². The van der Waals surface area contributed by atoms with Crippen molar-refractivity contribution in [1.82, 2.24) is 0 Å². The minimum absolute atomic E-state index is 0.102. The molecule has 78 heavy (non-hydrogen) atoms. The Bertz CT molecular complexity index is 1480. The fourth-order valence-electron chi connectivity index (χ4n) is 9.64. The summed E-state index contributed by atoms with van der Waals surface area (Å²) in [5.41, 5.74) is 0. The summed E-state index contributed by atoms with van der Waals surface area (Å²) in [6, 6.07) is 0. The maximum Gasteiger partial charge on any atom is 0.306 e. The predicted molar refractivity (Wildman–Crippen MR) is 339 cm³/mol. The van der Waals surface area contributed by atoms with Crippen molar-refractivity contribution in [1.29, 1.82) is 0 Å². The van der Waals surface area contributed by atoms with Crippen LogP contribution < -0.4 is 0 Å². The monoisotopic (exact) mass is 1090 g/mol. The Balaban J connectivity index is 4.32. The Labute approximate surface area is 484 Å². The minimum Gasteiger partial charge on any atom is -0.462 e. The molecule has 0 fully saturated rings. The van der Waals surface area contributed by atoms with Crippen molar-refractivity contribution in [3.8, 4) is 0 Å². The molecule has 0 amide bonds. The molecule has 0 radical (unpaired) electrons. The average molecular weight is 1090 g/mol. The molecule has 0 spiro atoms. The summed E-state index contributed by atoms with van der Waals surface area (Å²) in [6.07, 6.45) is 87.7. The van der Waals surface area contributed by atoms with Gasteiger partial charge in [-0.2, -0.15) is 0 Å². The molecule has 0 aromatic rings. The summed E-state index contributed by atoms with van der Waals surface area (Å²) in [5.74, 6) is -0.986. The Kier molecular flexibility index (Phi) is 63.2. The first kappa shape index (κ1) is 74.6. The van der Waals surface area contributed by atoms with Crippen molar-refractivity contribution < 1.29 is 28.6 Å². The van der Waals surface area contributed by atoms with Crippen LogP contribution in [0.5, 0.6) is 0 Å². The number of allylic oxidation sites excluding steroid dienone is 14. The Morgan fingerprint density at radius 2 is 0.526 bits per heavy atom. The lowest BCUT2D eigenvalue weighted by Crippen LogP contribution is -2.30. The molecule has 1 unspecified atom stereocenters. The lowest BCUT2D eigenvalue weighted by Gasteiger charge is -2.18. The fourth-order valence-corrected chi connectivity index (χ4v) is 9.64. The topological polar surface area (TPSA) is 78.9 Å². The van der Waals surface area contributed by atoms with Gasteiger partial charge in [-0.05, 0) is 83.5 Å². The van der Waals surface area contributed by atoms with Gasteiger partial charge in [0.15, 0.2) is 6.10 Å². The third-order valence-electron chi connectivity index (χ3n) is 14.6. The van der Waals surface area contributed by atoms with E-state index in [1.807, 2.05) is 6.08 Å². The summed E-state index contributed by atoms with van der Waals surface area (Å²) in [5, 5.41) is 0. The molecule has 0 heterocycles. The highest BCUT2D eigenvalue weighted by molar-refractivity contribution is 5.71. The number of hydrogen-bond acceptors (Lipinski definition) is 6. The van der Waals surface area contributed by atoms with E-state index in [1.54, 1.807) is 0 Å². The fraction of sp³-hybridized carbons (Fsp3) is 0.764. The Hall–Kier alpha value is -3.41. The van der Waals surface area contributed by atoms with Gasteiger partial charge in [-0.3, -0.25) is 14.4 Å². The van der Waals surface area contributed by atoms with Crippen LogP contribution in [0.25, 0.3) is 0 Å². The second-order valence-electron chi connectivity index (χ2n) is 22.4. The quantitative estimate of drug-likeness (QED) is 0.0261. The Morgan fingerprint density at radius 3 is 0.859 bits per heavy atom. The van der Waals surface area contributed by atoms with Crippen LogP contribution in [-0.2, 0) is 28.6 Å². The first-order valence-corrected chi connectivity index (χ1v) is 33.6. The number of unbranched alkanes of at least 4 members (excludes halogenated alkanes) is 36. The molecule has 1 atom stereocenters. The second-order valence-corrected chi connectivity index (χ2v) is 22.4. The van der Waals surface area contributed by atoms with Gasteiger partial charge in [0.2, 0.25) is 0 Å².